The number of amides is 2. The van der Waals surface area contributed by atoms with Crippen LogP contribution in [-0.4, -0.2) is 145 Å². The SMILES string of the molecule is CNCCCNCCCCNCC(CCCCCCNC(=O)CCCCCCCCCCCCCCCCCCCCCCCNC(=O)CCOCCOCCOC)CNCCCCNCCCNC. The summed E-state index contributed by atoms with van der Waals surface area (Å²) in [6, 6.07) is 0. The molecule has 0 aromatic rings. The molecule has 0 aromatic carbocycles. The van der Waals surface area contributed by atoms with Gasteiger partial charge in [-0.25, -0.2) is 0 Å². The Labute approximate surface area is 433 Å². The molecule has 0 saturated carbocycles. The van der Waals surface area contributed by atoms with E-state index in [2.05, 4.69) is 42.5 Å². The Balaban J connectivity index is 3.59. The summed E-state index contributed by atoms with van der Waals surface area (Å²) in [6.45, 7) is 15.3. The van der Waals surface area contributed by atoms with Gasteiger partial charge in [0.1, 0.15) is 0 Å². The van der Waals surface area contributed by atoms with Crippen LogP contribution in [0.1, 0.15) is 218 Å². The van der Waals surface area contributed by atoms with Crippen LogP contribution in [0.2, 0.25) is 0 Å². The van der Waals surface area contributed by atoms with Gasteiger partial charge >= 0.3 is 0 Å². The highest BCUT2D eigenvalue weighted by atomic mass is 16.5. The van der Waals surface area contributed by atoms with Gasteiger partial charge in [-0.1, -0.05) is 141 Å². The second kappa shape index (κ2) is 61.9. The van der Waals surface area contributed by atoms with Crippen molar-refractivity contribution >= 4 is 11.8 Å². The number of methoxy groups -OCH3 is 1. The van der Waals surface area contributed by atoms with Crippen LogP contribution in [-0.2, 0) is 23.8 Å². The number of hydrogen-bond acceptors (Lipinski definition) is 11. The van der Waals surface area contributed by atoms with Crippen LogP contribution in [0.5, 0.6) is 0 Å². The number of ether oxygens (including phenoxy) is 3. The molecule has 0 atom stereocenters. The van der Waals surface area contributed by atoms with E-state index in [-0.39, 0.29) is 11.8 Å². The van der Waals surface area contributed by atoms with Crippen molar-refractivity contribution in [3.05, 3.63) is 0 Å². The maximum Gasteiger partial charge on any atom is 0.222 e. The first kappa shape index (κ1) is 68.6. The Bertz CT molecular complexity index is 994. The summed E-state index contributed by atoms with van der Waals surface area (Å²) in [7, 11) is 5.69. The molecule has 0 unspecified atom stereocenters. The van der Waals surface area contributed by atoms with E-state index < -0.39 is 0 Å². The van der Waals surface area contributed by atoms with Gasteiger partial charge in [0.15, 0.2) is 0 Å². The number of hydrogen-bond donors (Lipinski definition) is 8. The predicted molar refractivity (Wildman–Crippen MR) is 299 cm³/mol. The molecule has 0 aliphatic rings. The second-order valence-electron chi connectivity index (χ2n) is 20.1. The molecule has 0 aliphatic carbocycles. The largest absolute Gasteiger partial charge is 0.382 e. The van der Waals surface area contributed by atoms with E-state index in [1.165, 1.54) is 186 Å². The van der Waals surface area contributed by atoms with Crippen LogP contribution in [0, 0.1) is 5.92 Å². The molecule has 0 spiro atoms. The van der Waals surface area contributed by atoms with Crippen LogP contribution in [0.3, 0.4) is 0 Å². The van der Waals surface area contributed by atoms with Crippen molar-refractivity contribution in [2.75, 3.05) is 133 Å². The van der Waals surface area contributed by atoms with Crippen molar-refractivity contribution in [2.24, 2.45) is 5.92 Å². The van der Waals surface area contributed by atoms with Gasteiger partial charge in [0.05, 0.1) is 33.0 Å². The number of nitrogens with one attached hydrogen (secondary N) is 8. The molecule has 13 heteroatoms. The fourth-order valence-electron chi connectivity index (χ4n) is 8.86. The summed E-state index contributed by atoms with van der Waals surface area (Å²) in [5, 5.41) is 27.3. The lowest BCUT2D eigenvalue weighted by atomic mass is 10.00. The minimum absolute atomic E-state index is 0.0786. The average Bonchev–Trinajstić information content (AvgIpc) is 3.36. The third-order valence-electron chi connectivity index (χ3n) is 13.4. The van der Waals surface area contributed by atoms with Gasteiger partial charge in [-0.15, -0.1) is 0 Å². The second-order valence-corrected chi connectivity index (χ2v) is 20.1. The van der Waals surface area contributed by atoms with Gasteiger partial charge in [0, 0.05) is 33.0 Å². The number of carbonyl (C=O) groups is 2. The quantitative estimate of drug-likeness (QED) is 0.0275. The molecular weight excluding hydrogens is 877 g/mol. The maximum absolute atomic E-state index is 12.4. The van der Waals surface area contributed by atoms with Crippen molar-refractivity contribution < 1.29 is 23.8 Å². The van der Waals surface area contributed by atoms with Gasteiger partial charge in [-0.05, 0) is 150 Å². The van der Waals surface area contributed by atoms with E-state index >= 15 is 0 Å². The molecule has 418 valence electrons. The molecule has 0 saturated heterocycles. The van der Waals surface area contributed by atoms with E-state index in [4.69, 9.17) is 14.2 Å². The standard InChI is InChI=1S/C57H120N8O5/c1-58-38-33-44-60-40-29-31-42-62-53-55(54-63-43-32-30-41-61-45-34-39-59-2)35-25-22-24-28-46-64-56(66)36-26-21-19-17-15-13-11-9-7-5-4-6-8-10-12-14-16-18-20-23-27-47-65-57(67)37-48-69-51-52-70-50-49-68-3/h55,58-63H,4-54H2,1-3H3,(H,64,66)(H,65,67). The van der Waals surface area contributed by atoms with Crippen molar-refractivity contribution in [1.29, 1.82) is 0 Å². The van der Waals surface area contributed by atoms with Gasteiger partial charge in [-0.2, -0.15) is 0 Å². The zero-order chi connectivity index (χ0) is 50.6. The van der Waals surface area contributed by atoms with E-state index in [0.29, 0.717) is 51.8 Å². The summed E-state index contributed by atoms with van der Waals surface area (Å²) in [5.41, 5.74) is 0. The molecule has 0 rings (SSSR count). The fourth-order valence-corrected chi connectivity index (χ4v) is 8.86. The Kier molecular flexibility index (Phi) is 60.6. The highest BCUT2D eigenvalue weighted by Crippen LogP contribution is 2.16. The molecule has 70 heavy (non-hydrogen) atoms. The molecule has 0 aromatic heterocycles. The molecule has 0 heterocycles. The topological polar surface area (TPSA) is 158 Å². The van der Waals surface area contributed by atoms with E-state index in [9.17, 15) is 9.59 Å². The molecular formula is C57H120N8O5. The maximum atomic E-state index is 12.4. The summed E-state index contributed by atoms with van der Waals surface area (Å²) >= 11 is 0. The Morgan fingerprint density at radius 1 is 0.329 bits per heavy atom. The first-order valence-corrected chi connectivity index (χ1v) is 29.9. The zero-order valence-electron chi connectivity index (χ0n) is 46.7. The van der Waals surface area contributed by atoms with Crippen molar-refractivity contribution in [3.63, 3.8) is 0 Å². The summed E-state index contributed by atoms with van der Waals surface area (Å²) < 4.78 is 15.7. The summed E-state index contributed by atoms with van der Waals surface area (Å²) in [4.78, 5) is 24.3. The summed E-state index contributed by atoms with van der Waals surface area (Å²) in [6.07, 6.45) is 42.3. The van der Waals surface area contributed by atoms with Crippen LogP contribution in [0.4, 0.5) is 0 Å². The van der Waals surface area contributed by atoms with Gasteiger partial charge in [-0.3, -0.25) is 9.59 Å². The summed E-state index contributed by atoms with van der Waals surface area (Å²) in [5.74, 6) is 1.01. The highest BCUT2D eigenvalue weighted by molar-refractivity contribution is 5.76. The average molecular weight is 998 g/mol. The van der Waals surface area contributed by atoms with Crippen LogP contribution >= 0.6 is 0 Å². The van der Waals surface area contributed by atoms with Gasteiger partial charge < -0.3 is 56.7 Å². The first-order chi connectivity index (χ1) is 34.6. The number of unbranched alkanes of at least 4 members (excludes halogenated alkanes) is 25. The molecule has 0 bridgehead atoms. The Morgan fingerprint density at radius 3 is 1.09 bits per heavy atom. The van der Waals surface area contributed by atoms with Gasteiger partial charge in [0.2, 0.25) is 11.8 Å². The number of rotatable bonds is 62. The first-order valence-electron chi connectivity index (χ1n) is 29.9. The minimum atomic E-state index is 0.0786. The van der Waals surface area contributed by atoms with E-state index in [0.717, 1.165) is 97.8 Å². The molecule has 8 N–H and O–H groups in total. The van der Waals surface area contributed by atoms with Crippen LogP contribution in [0.15, 0.2) is 0 Å². The molecule has 2 amide bonds. The number of carbonyl (C=O) groups excluding carboxylic acids is 2. The van der Waals surface area contributed by atoms with E-state index in [1.54, 1.807) is 7.11 Å². The fraction of sp³-hybridized carbons (Fsp3) is 0.965. The lowest BCUT2D eigenvalue weighted by Gasteiger charge is -2.19. The normalized spacial score (nSPS) is 11.6. The Hall–Kier alpha value is -1.42. The Morgan fingerprint density at radius 2 is 0.657 bits per heavy atom. The molecule has 13 nitrogen and oxygen atoms in total. The highest BCUT2D eigenvalue weighted by Gasteiger charge is 2.09. The smallest absolute Gasteiger partial charge is 0.222 e. The van der Waals surface area contributed by atoms with Crippen LogP contribution in [0.25, 0.3) is 0 Å². The monoisotopic (exact) mass is 997 g/mol. The van der Waals surface area contributed by atoms with Crippen molar-refractivity contribution in [3.8, 4) is 0 Å². The molecule has 0 aliphatic heterocycles. The van der Waals surface area contributed by atoms with Gasteiger partial charge in [0.25, 0.3) is 0 Å². The minimum Gasteiger partial charge on any atom is -0.382 e. The lowest BCUT2D eigenvalue weighted by molar-refractivity contribution is -0.122. The zero-order valence-corrected chi connectivity index (χ0v) is 46.7. The predicted octanol–water partition coefficient (Wildman–Crippen LogP) is 9.58. The van der Waals surface area contributed by atoms with Crippen molar-refractivity contribution in [1.82, 2.24) is 42.5 Å². The molecule has 0 radical (unpaired) electrons. The van der Waals surface area contributed by atoms with Crippen molar-refractivity contribution in [2.45, 2.75) is 218 Å². The lowest BCUT2D eigenvalue weighted by Crippen LogP contribution is -2.32. The van der Waals surface area contributed by atoms with Crippen LogP contribution < -0.4 is 42.5 Å². The molecule has 0 fully saturated rings. The third-order valence-corrected chi connectivity index (χ3v) is 13.4. The van der Waals surface area contributed by atoms with E-state index in [1.807, 2.05) is 14.1 Å². The third kappa shape index (κ3) is 59.1.